The second-order valence-electron chi connectivity index (χ2n) is 11.2. The summed E-state index contributed by atoms with van der Waals surface area (Å²) in [5.74, 6) is -0.808. The van der Waals surface area contributed by atoms with Crippen LogP contribution in [0.25, 0.3) is 11.0 Å². The number of carbonyl (C=O) groups is 3. The molecule has 3 amide bonds. The summed E-state index contributed by atoms with van der Waals surface area (Å²) in [6.07, 6.45) is 4.39. The first kappa shape index (κ1) is 33.0. The van der Waals surface area contributed by atoms with E-state index in [9.17, 15) is 23.6 Å². The molecule has 0 spiro atoms. The first-order valence-corrected chi connectivity index (χ1v) is 14.1. The largest absolute Gasteiger partial charge is 0.453 e. The lowest BCUT2D eigenvalue weighted by Crippen LogP contribution is -2.44. The number of rotatable bonds is 12. The van der Waals surface area contributed by atoms with E-state index in [1.54, 1.807) is 26.2 Å². The van der Waals surface area contributed by atoms with Crippen molar-refractivity contribution in [1.82, 2.24) is 29.7 Å². The van der Waals surface area contributed by atoms with E-state index in [2.05, 4.69) is 30.3 Å². The number of allylic oxidation sites excluding steroid dienone is 1. The minimum atomic E-state index is -1.05. The second-order valence-corrected chi connectivity index (χ2v) is 11.2. The fraction of sp³-hybridized carbons (Fsp3) is 0.467. The zero-order valence-electron chi connectivity index (χ0n) is 25.7. The van der Waals surface area contributed by atoms with Crippen molar-refractivity contribution in [1.29, 1.82) is 0 Å². The van der Waals surface area contributed by atoms with E-state index in [1.807, 2.05) is 27.7 Å². The Hall–Kier alpha value is -4.55. The predicted molar refractivity (Wildman–Crippen MR) is 161 cm³/mol. The number of amides is 3. The number of anilines is 1. The fourth-order valence-electron chi connectivity index (χ4n) is 4.47. The third-order valence-corrected chi connectivity index (χ3v) is 6.69. The SMILES string of the molecule is COC(=O)NC(CC/C=C/C(=O)N(C)C)C(=O)Nc1ccc(C(C)C)n(Cc2nc3c(F)cnc(CC(C)C)c3[nH]2)c1=O. The summed E-state index contributed by atoms with van der Waals surface area (Å²) in [4.78, 5) is 63.9. The van der Waals surface area contributed by atoms with Gasteiger partial charge in [-0.05, 0) is 49.3 Å². The number of aromatic nitrogens is 4. The van der Waals surface area contributed by atoms with Gasteiger partial charge in [-0.3, -0.25) is 19.4 Å². The number of halogens is 1. The quantitative estimate of drug-likeness (QED) is 0.269. The number of aromatic amines is 1. The number of H-pyrrole nitrogens is 1. The number of ether oxygens (including phenoxy) is 1. The summed E-state index contributed by atoms with van der Waals surface area (Å²) in [5, 5.41) is 5.10. The third kappa shape index (κ3) is 8.49. The summed E-state index contributed by atoms with van der Waals surface area (Å²) in [6, 6.07) is 2.20. The lowest BCUT2D eigenvalue weighted by Gasteiger charge is -2.19. The minimum Gasteiger partial charge on any atom is -0.453 e. The van der Waals surface area contributed by atoms with Crippen LogP contribution < -0.4 is 16.2 Å². The molecule has 13 heteroatoms. The Labute approximate surface area is 249 Å². The molecule has 1 atom stereocenters. The lowest BCUT2D eigenvalue weighted by atomic mass is 10.1. The summed E-state index contributed by atoms with van der Waals surface area (Å²) in [5.41, 5.74) is 1.52. The van der Waals surface area contributed by atoms with E-state index in [0.29, 0.717) is 35.6 Å². The van der Waals surface area contributed by atoms with Crippen molar-refractivity contribution in [2.24, 2.45) is 5.92 Å². The molecule has 0 bridgehead atoms. The van der Waals surface area contributed by atoms with Crippen molar-refractivity contribution in [3.05, 3.63) is 63.9 Å². The topological polar surface area (TPSA) is 151 Å². The molecule has 0 saturated carbocycles. The fourth-order valence-corrected chi connectivity index (χ4v) is 4.47. The van der Waals surface area contributed by atoms with Crippen molar-refractivity contribution < 1.29 is 23.5 Å². The highest BCUT2D eigenvalue weighted by Gasteiger charge is 2.23. The standard InChI is InChI=1S/C30H40FN7O5/c1-17(2)14-22-27-26(19(31)15-32-22)35-24(36-27)16-38-23(18(3)4)13-12-21(29(38)41)33-28(40)20(34-30(42)43-7)10-8-9-11-25(39)37(5)6/h9,11-13,15,17-18,20H,8,10,14,16H2,1-7H3,(H,33,40)(H,34,42)(H,35,36)/b11-9+. The van der Waals surface area contributed by atoms with E-state index < -0.39 is 29.4 Å². The van der Waals surface area contributed by atoms with Crippen LogP contribution in [0.5, 0.6) is 0 Å². The van der Waals surface area contributed by atoms with Crippen LogP contribution >= 0.6 is 0 Å². The highest BCUT2D eigenvalue weighted by Crippen LogP contribution is 2.22. The zero-order valence-corrected chi connectivity index (χ0v) is 25.7. The smallest absolute Gasteiger partial charge is 0.407 e. The molecular weight excluding hydrogens is 557 g/mol. The summed E-state index contributed by atoms with van der Waals surface area (Å²) in [7, 11) is 4.41. The number of carbonyl (C=O) groups excluding carboxylic acids is 3. The van der Waals surface area contributed by atoms with Crippen molar-refractivity contribution >= 4 is 34.6 Å². The van der Waals surface area contributed by atoms with E-state index in [4.69, 9.17) is 0 Å². The molecule has 0 saturated heterocycles. The van der Waals surface area contributed by atoms with Gasteiger partial charge in [0, 0.05) is 19.8 Å². The van der Waals surface area contributed by atoms with Crippen LogP contribution in [0.3, 0.4) is 0 Å². The monoisotopic (exact) mass is 597 g/mol. The molecule has 3 heterocycles. The molecule has 0 aliphatic rings. The third-order valence-electron chi connectivity index (χ3n) is 6.69. The first-order chi connectivity index (χ1) is 20.3. The van der Waals surface area contributed by atoms with Gasteiger partial charge in [0.15, 0.2) is 5.82 Å². The minimum absolute atomic E-state index is 0.000166. The number of hydrogen-bond acceptors (Lipinski definition) is 7. The predicted octanol–water partition coefficient (Wildman–Crippen LogP) is 3.72. The molecule has 0 aliphatic carbocycles. The Morgan fingerprint density at radius 1 is 1.19 bits per heavy atom. The van der Waals surface area contributed by atoms with Crippen LogP contribution in [0, 0.1) is 11.7 Å². The molecule has 12 nitrogen and oxygen atoms in total. The van der Waals surface area contributed by atoms with Crippen molar-refractivity contribution in [3.63, 3.8) is 0 Å². The van der Waals surface area contributed by atoms with Crippen LogP contribution in [-0.4, -0.2) is 69.6 Å². The number of alkyl carbamates (subject to hydrolysis) is 1. The summed E-state index contributed by atoms with van der Waals surface area (Å²) >= 11 is 0. The van der Waals surface area contributed by atoms with Gasteiger partial charge in [0.25, 0.3) is 5.56 Å². The van der Waals surface area contributed by atoms with Gasteiger partial charge < -0.3 is 29.8 Å². The first-order valence-electron chi connectivity index (χ1n) is 14.1. The summed E-state index contributed by atoms with van der Waals surface area (Å²) in [6.45, 7) is 7.93. The van der Waals surface area contributed by atoms with Crippen molar-refractivity contribution in [2.75, 3.05) is 26.5 Å². The van der Waals surface area contributed by atoms with E-state index >= 15 is 0 Å². The van der Waals surface area contributed by atoms with Gasteiger partial charge in [0.05, 0.1) is 31.1 Å². The van der Waals surface area contributed by atoms with Gasteiger partial charge in [-0.1, -0.05) is 33.8 Å². The highest BCUT2D eigenvalue weighted by atomic mass is 19.1. The maximum Gasteiger partial charge on any atom is 0.407 e. The van der Waals surface area contributed by atoms with E-state index in [0.717, 1.165) is 6.20 Å². The Morgan fingerprint density at radius 3 is 2.53 bits per heavy atom. The molecule has 43 heavy (non-hydrogen) atoms. The normalized spacial score (nSPS) is 12.2. The number of pyridine rings is 2. The van der Waals surface area contributed by atoms with Gasteiger partial charge >= 0.3 is 6.09 Å². The number of imidazole rings is 1. The van der Waals surface area contributed by atoms with E-state index in [1.165, 1.54) is 28.7 Å². The van der Waals surface area contributed by atoms with Gasteiger partial charge in [0.1, 0.15) is 23.1 Å². The Kier molecular flexibility index (Phi) is 11.2. The van der Waals surface area contributed by atoms with E-state index in [-0.39, 0.29) is 41.9 Å². The molecule has 0 radical (unpaired) electrons. The zero-order chi connectivity index (χ0) is 31.8. The number of fused-ring (bicyclic) bond motifs is 1. The van der Waals surface area contributed by atoms with Crippen molar-refractivity contribution in [3.8, 4) is 0 Å². The molecule has 0 aliphatic heterocycles. The molecule has 0 fully saturated rings. The molecule has 3 rings (SSSR count). The Bertz CT molecular complexity index is 1560. The van der Waals surface area contributed by atoms with Gasteiger partial charge in [-0.2, -0.15) is 0 Å². The number of nitrogens with one attached hydrogen (secondary N) is 3. The van der Waals surface area contributed by atoms with Gasteiger partial charge in [-0.25, -0.2) is 14.2 Å². The van der Waals surface area contributed by atoms with Gasteiger partial charge in [-0.15, -0.1) is 0 Å². The lowest BCUT2D eigenvalue weighted by molar-refractivity contribution is -0.123. The number of likely N-dealkylation sites (N-methyl/N-ethyl adjacent to an activating group) is 1. The second kappa shape index (κ2) is 14.6. The number of methoxy groups -OCH3 is 1. The average molecular weight is 598 g/mol. The average Bonchev–Trinajstić information content (AvgIpc) is 3.38. The molecule has 232 valence electrons. The van der Waals surface area contributed by atoms with Crippen molar-refractivity contribution in [2.45, 2.75) is 65.5 Å². The molecular formula is C30H40FN7O5. The number of nitrogens with zero attached hydrogens (tertiary/aromatic N) is 4. The molecule has 3 aromatic rings. The molecule has 0 aromatic carbocycles. The van der Waals surface area contributed by atoms with Crippen LogP contribution in [0.1, 0.15) is 63.7 Å². The molecule has 3 N–H and O–H groups in total. The highest BCUT2D eigenvalue weighted by molar-refractivity contribution is 5.96. The maximum atomic E-state index is 14.6. The summed E-state index contributed by atoms with van der Waals surface area (Å²) < 4.78 is 20.7. The van der Waals surface area contributed by atoms with Crippen LogP contribution in [-0.2, 0) is 27.3 Å². The van der Waals surface area contributed by atoms with Crippen LogP contribution in [0.2, 0.25) is 0 Å². The molecule has 1 unspecified atom stereocenters. The Morgan fingerprint density at radius 2 is 1.91 bits per heavy atom. The van der Waals surface area contributed by atoms with Crippen LogP contribution in [0.15, 0.2) is 35.3 Å². The molecule has 3 aromatic heterocycles. The maximum absolute atomic E-state index is 14.6. The van der Waals surface area contributed by atoms with Gasteiger partial charge in [0.2, 0.25) is 11.8 Å². The van der Waals surface area contributed by atoms with Crippen LogP contribution in [0.4, 0.5) is 14.9 Å². The number of hydrogen-bond donors (Lipinski definition) is 3. The Balaban J connectivity index is 1.91.